The summed E-state index contributed by atoms with van der Waals surface area (Å²) in [5.74, 6) is 0.939. The Hall–Kier alpha value is -1.31. The maximum absolute atomic E-state index is 12.7. The van der Waals surface area contributed by atoms with Crippen molar-refractivity contribution in [2.75, 3.05) is 38.5 Å². The quantitative estimate of drug-likeness (QED) is 0.420. The second-order valence-electron chi connectivity index (χ2n) is 7.67. The minimum Gasteiger partial charge on any atom is -0.357 e. The molecule has 2 N–H and O–H groups in total. The predicted octanol–water partition coefficient (Wildman–Crippen LogP) is 1.16. The molecule has 1 spiro atoms. The van der Waals surface area contributed by atoms with Crippen LogP contribution in [0.4, 0.5) is 0 Å². The van der Waals surface area contributed by atoms with Crippen LogP contribution in [-0.2, 0) is 14.6 Å². The van der Waals surface area contributed by atoms with Crippen molar-refractivity contribution in [1.82, 2.24) is 15.5 Å². The highest BCUT2D eigenvalue weighted by Crippen LogP contribution is 2.38. The summed E-state index contributed by atoms with van der Waals surface area (Å²) in [5, 5.41) is 6.15. The maximum atomic E-state index is 12.7. The van der Waals surface area contributed by atoms with Crippen LogP contribution in [0.2, 0.25) is 0 Å². The highest BCUT2D eigenvalue weighted by Gasteiger charge is 2.48. The molecule has 26 heavy (non-hydrogen) atoms. The van der Waals surface area contributed by atoms with Gasteiger partial charge in [0, 0.05) is 32.1 Å². The zero-order valence-corrected chi connectivity index (χ0v) is 17.2. The van der Waals surface area contributed by atoms with Crippen LogP contribution >= 0.6 is 0 Å². The van der Waals surface area contributed by atoms with Crippen molar-refractivity contribution < 1.29 is 13.2 Å². The SMILES string of the molecule is CCNC(=NCCNC(=O)C(C)C)N1CCS(=O)(=O)C2(CCCCC2)C1. The molecule has 0 atom stereocenters. The first-order chi connectivity index (χ1) is 12.3. The van der Waals surface area contributed by atoms with Crippen LogP contribution in [0.5, 0.6) is 0 Å². The normalized spacial score (nSPS) is 22.5. The Morgan fingerprint density at radius 1 is 1.19 bits per heavy atom. The number of guanidine groups is 1. The van der Waals surface area contributed by atoms with E-state index in [1.165, 1.54) is 0 Å². The summed E-state index contributed by atoms with van der Waals surface area (Å²) in [6, 6.07) is 0. The molecule has 7 nitrogen and oxygen atoms in total. The molecule has 0 unspecified atom stereocenters. The Balaban J connectivity index is 2.04. The molecule has 1 aliphatic carbocycles. The number of nitrogens with one attached hydrogen (secondary N) is 2. The fourth-order valence-electron chi connectivity index (χ4n) is 3.79. The number of rotatable bonds is 5. The summed E-state index contributed by atoms with van der Waals surface area (Å²) >= 11 is 0. The molecular formula is C18H34N4O3S. The Kier molecular flexibility index (Phi) is 7.32. The molecular weight excluding hydrogens is 352 g/mol. The van der Waals surface area contributed by atoms with Gasteiger partial charge in [-0.3, -0.25) is 9.79 Å². The fraction of sp³-hybridized carbons (Fsp3) is 0.889. The highest BCUT2D eigenvalue weighted by molar-refractivity contribution is 7.92. The highest BCUT2D eigenvalue weighted by atomic mass is 32.2. The topological polar surface area (TPSA) is 90.9 Å². The Morgan fingerprint density at radius 3 is 2.50 bits per heavy atom. The zero-order valence-electron chi connectivity index (χ0n) is 16.4. The number of carbonyl (C=O) groups is 1. The molecule has 1 saturated heterocycles. The Labute approximate surface area is 157 Å². The summed E-state index contributed by atoms with van der Waals surface area (Å²) in [6.45, 7) is 8.44. The number of nitrogens with zero attached hydrogens (tertiary/aromatic N) is 2. The van der Waals surface area contributed by atoms with Gasteiger partial charge in [0.25, 0.3) is 0 Å². The fourth-order valence-corrected chi connectivity index (χ4v) is 5.95. The van der Waals surface area contributed by atoms with Gasteiger partial charge in [0.2, 0.25) is 5.91 Å². The average molecular weight is 387 g/mol. The molecule has 0 bridgehead atoms. The van der Waals surface area contributed by atoms with Crippen LogP contribution in [-0.4, -0.2) is 68.4 Å². The summed E-state index contributed by atoms with van der Waals surface area (Å²) in [7, 11) is -3.05. The Bertz CT molecular complexity index is 610. The van der Waals surface area contributed by atoms with Crippen LogP contribution in [0.3, 0.4) is 0 Å². The molecule has 150 valence electrons. The number of amides is 1. The number of hydrogen-bond donors (Lipinski definition) is 2. The smallest absolute Gasteiger partial charge is 0.222 e. The van der Waals surface area contributed by atoms with Gasteiger partial charge in [-0.25, -0.2) is 8.42 Å². The molecule has 8 heteroatoms. The first-order valence-corrected chi connectivity index (χ1v) is 11.5. The lowest BCUT2D eigenvalue weighted by molar-refractivity contribution is -0.123. The first-order valence-electron chi connectivity index (χ1n) is 9.84. The van der Waals surface area contributed by atoms with Gasteiger partial charge in [0.15, 0.2) is 15.8 Å². The minimum atomic E-state index is -3.05. The van der Waals surface area contributed by atoms with E-state index in [0.29, 0.717) is 26.2 Å². The number of aliphatic imine (C=N–C) groups is 1. The molecule has 2 rings (SSSR count). The van der Waals surface area contributed by atoms with Gasteiger partial charge >= 0.3 is 0 Å². The van der Waals surface area contributed by atoms with E-state index in [0.717, 1.165) is 44.6 Å². The average Bonchev–Trinajstić information content (AvgIpc) is 2.61. The lowest BCUT2D eigenvalue weighted by Gasteiger charge is -2.45. The monoisotopic (exact) mass is 386 g/mol. The van der Waals surface area contributed by atoms with E-state index in [1.807, 2.05) is 20.8 Å². The van der Waals surface area contributed by atoms with E-state index in [2.05, 4.69) is 20.5 Å². The number of carbonyl (C=O) groups excluding carboxylic acids is 1. The van der Waals surface area contributed by atoms with Crippen LogP contribution in [0.25, 0.3) is 0 Å². The molecule has 2 fully saturated rings. The van der Waals surface area contributed by atoms with Crippen molar-refractivity contribution >= 4 is 21.7 Å². The van der Waals surface area contributed by atoms with Gasteiger partial charge in [-0.15, -0.1) is 0 Å². The van der Waals surface area contributed by atoms with E-state index in [9.17, 15) is 13.2 Å². The van der Waals surface area contributed by atoms with E-state index in [4.69, 9.17) is 0 Å². The predicted molar refractivity (Wildman–Crippen MR) is 105 cm³/mol. The summed E-state index contributed by atoms with van der Waals surface area (Å²) < 4.78 is 24.9. The van der Waals surface area contributed by atoms with Gasteiger partial charge in [-0.2, -0.15) is 0 Å². The molecule has 0 aromatic carbocycles. The van der Waals surface area contributed by atoms with Crippen molar-refractivity contribution in [2.45, 2.75) is 57.6 Å². The van der Waals surface area contributed by atoms with Gasteiger partial charge < -0.3 is 15.5 Å². The zero-order chi connectivity index (χ0) is 19.2. The van der Waals surface area contributed by atoms with Crippen molar-refractivity contribution in [2.24, 2.45) is 10.9 Å². The third kappa shape index (κ3) is 4.90. The first kappa shape index (κ1) is 21.0. The summed E-state index contributed by atoms with van der Waals surface area (Å²) in [6.07, 6.45) is 4.62. The lowest BCUT2D eigenvalue weighted by atomic mass is 9.87. The Morgan fingerprint density at radius 2 is 1.88 bits per heavy atom. The summed E-state index contributed by atoms with van der Waals surface area (Å²) in [5.41, 5.74) is 0. The van der Waals surface area contributed by atoms with Crippen molar-refractivity contribution in [3.63, 3.8) is 0 Å². The van der Waals surface area contributed by atoms with E-state index >= 15 is 0 Å². The van der Waals surface area contributed by atoms with Gasteiger partial charge in [0.05, 0.1) is 17.0 Å². The maximum Gasteiger partial charge on any atom is 0.222 e. The van der Waals surface area contributed by atoms with Crippen molar-refractivity contribution in [3.05, 3.63) is 0 Å². The molecule has 1 amide bonds. The molecule has 2 aliphatic rings. The lowest BCUT2D eigenvalue weighted by Crippen LogP contribution is -2.60. The standard InChI is InChI=1S/C18H34N4O3S/c1-4-19-17(21-11-10-20-16(23)15(2)3)22-12-13-26(24,25)18(14-22)8-6-5-7-9-18/h15H,4-14H2,1-3H3,(H,19,21)(H,20,23). The third-order valence-corrected chi connectivity index (χ3v) is 7.94. The van der Waals surface area contributed by atoms with Crippen LogP contribution < -0.4 is 10.6 Å². The number of sulfone groups is 1. The second-order valence-corrected chi connectivity index (χ2v) is 10.2. The second kappa shape index (κ2) is 9.06. The van der Waals surface area contributed by atoms with E-state index < -0.39 is 14.6 Å². The molecule has 0 aromatic rings. The summed E-state index contributed by atoms with van der Waals surface area (Å²) in [4.78, 5) is 18.3. The van der Waals surface area contributed by atoms with Gasteiger partial charge in [-0.05, 0) is 19.8 Å². The van der Waals surface area contributed by atoms with Crippen LogP contribution in [0.1, 0.15) is 52.9 Å². The van der Waals surface area contributed by atoms with Crippen molar-refractivity contribution in [1.29, 1.82) is 0 Å². The minimum absolute atomic E-state index is 0.0235. The largest absolute Gasteiger partial charge is 0.357 e. The van der Waals surface area contributed by atoms with Gasteiger partial charge in [0.1, 0.15) is 0 Å². The van der Waals surface area contributed by atoms with Crippen LogP contribution in [0.15, 0.2) is 4.99 Å². The molecule has 0 radical (unpaired) electrons. The third-order valence-electron chi connectivity index (χ3n) is 5.36. The molecule has 1 saturated carbocycles. The molecule has 1 aliphatic heterocycles. The van der Waals surface area contributed by atoms with Gasteiger partial charge in [-0.1, -0.05) is 33.1 Å². The van der Waals surface area contributed by atoms with Crippen molar-refractivity contribution in [3.8, 4) is 0 Å². The van der Waals surface area contributed by atoms with E-state index in [-0.39, 0.29) is 17.6 Å². The van der Waals surface area contributed by atoms with Crippen LogP contribution in [0, 0.1) is 5.92 Å². The molecule has 1 heterocycles. The molecule has 0 aromatic heterocycles. The van der Waals surface area contributed by atoms with E-state index in [1.54, 1.807) is 0 Å². The number of hydrogen-bond acceptors (Lipinski definition) is 4.